The number of hydrogen-bond donors (Lipinski definition) is 10. The van der Waals surface area contributed by atoms with E-state index in [1.54, 1.807) is 19.9 Å². The lowest BCUT2D eigenvalue weighted by atomic mass is 9.77. The maximum atomic E-state index is 11.0. The highest BCUT2D eigenvalue weighted by Gasteiger charge is 2.25. The Morgan fingerprint density at radius 1 is 0.661 bits per heavy atom. The molecular weight excluding hydrogens is 744 g/mol. The molecule has 1 rings (SSSR count). The molecule has 19 heteroatoms. The Labute approximate surface area is 328 Å². The number of aliphatic hydroxyl groups is 4. The summed E-state index contributed by atoms with van der Waals surface area (Å²) in [7, 11) is 0. The SMILES string of the molecule is C=C(C)C(=O)O.C=C(C)C(=O)O.C=C(C)C(=O)O.C=C(C)C(=O)O.CC1=CC(=O)CC(C)(C)C1.CCOC(=O)NCC(O)CO.CCOC(=O)NCC(O)CO. The van der Waals surface area contributed by atoms with Crippen molar-refractivity contribution >= 4 is 41.8 Å². The lowest BCUT2D eigenvalue weighted by Crippen LogP contribution is -2.34. The van der Waals surface area contributed by atoms with Crippen molar-refractivity contribution in [1.82, 2.24) is 10.6 Å². The second-order valence-electron chi connectivity index (χ2n) is 12.2. The van der Waals surface area contributed by atoms with Crippen molar-refractivity contribution in [1.29, 1.82) is 0 Å². The highest BCUT2D eigenvalue weighted by Crippen LogP contribution is 2.32. The number of allylic oxidation sites excluding steroid dienone is 2. The van der Waals surface area contributed by atoms with E-state index in [0.29, 0.717) is 19.6 Å². The quantitative estimate of drug-likeness (QED) is 0.127. The fraction of sp³-hybridized carbons (Fsp3) is 0.541. The molecule has 2 unspecified atom stereocenters. The summed E-state index contributed by atoms with van der Waals surface area (Å²) in [5, 5.41) is 70.3. The lowest BCUT2D eigenvalue weighted by Gasteiger charge is -2.27. The highest BCUT2D eigenvalue weighted by atomic mass is 16.6. The molecule has 0 aromatic heterocycles. The Balaban J connectivity index is -0.000000133. The summed E-state index contributed by atoms with van der Waals surface area (Å²) >= 11 is 0. The van der Waals surface area contributed by atoms with Crippen LogP contribution in [0.5, 0.6) is 0 Å². The van der Waals surface area contributed by atoms with Crippen LogP contribution < -0.4 is 10.6 Å². The van der Waals surface area contributed by atoms with E-state index in [4.69, 9.17) is 40.9 Å². The summed E-state index contributed by atoms with van der Waals surface area (Å²) < 4.78 is 8.99. The first kappa shape index (κ1) is 62.6. The van der Waals surface area contributed by atoms with Crippen LogP contribution in [-0.4, -0.2) is 134 Å². The number of ether oxygens (including phenoxy) is 2. The molecule has 56 heavy (non-hydrogen) atoms. The normalized spacial score (nSPS) is 12.4. The topological polar surface area (TPSA) is 324 Å². The number of carboxylic acid groups (broad SMARTS) is 4. The third-order valence-electron chi connectivity index (χ3n) is 5.21. The zero-order chi connectivity index (χ0) is 45.8. The molecule has 0 aromatic rings. The average molecular weight is 809 g/mol. The van der Waals surface area contributed by atoms with Crippen LogP contribution in [0.4, 0.5) is 9.59 Å². The first-order chi connectivity index (χ1) is 25.5. The van der Waals surface area contributed by atoms with Crippen LogP contribution in [0.25, 0.3) is 0 Å². The van der Waals surface area contributed by atoms with E-state index in [2.05, 4.69) is 60.3 Å². The lowest BCUT2D eigenvalue weighted by molar-refractivity contribution is -0.133. The highest BCUT2D eigenvalue weighted by molar-refractivity contribution is 5.91. The van der Waals surface area contributed by atoms with Gasteiger partial charge < -0.3 is 61.0 Å². The largest absolute Gasteiger partial charge is 0.478 e. The van der Waals surface area contributed by atoms with E-state index in [1.807, 2.05) is 6.92 Å². The molecule has 10 N–H and O–H groups in total. The Bertz CT molecular complexity index is 1130. The number of aliphatic hydroxyl groups excluding tert-OH is 4. The number of nitrogens with one attached hydrogen (secondary N) is 2. The van der Waals surface area contributed by atoms with Crippen molar-refractivity contribution in [2.45, 2.75) is 87.4 Å². The van der Waals surface area contributed by atoms with Gasteiger partial charge in [-0.2, -0.15) is 0 Å². The molecule has 0 heterocycles. The predicted octanol–water partition coefficient (Wildman–Crippen LogP) is 3.08. The van der Waals surface area contributed by atoms with Gasteiger partial charge in [0.1, 0.15) is 0 Å². The Morgan fingerprint density at radius 3 is 1.07 bits per heavy atom. The van der Waals surface area contributed by atoms with Crippen LogP contribution in [-0.2, 0) is 33.4 Å². The van der Waals surface area contributed by atoms with Crippen LogP contribution in [0, 0.1) is 5.41 Å². The van der Waals surface area contributed by atoms with Gasteiger partial charge in [0.25, 0.3) is 0 Å². The molecule has 0 saturated heterocycles. The molecule has 324 valence electrons. The van der Waals surface area contributed by atoms with Crippen LogP contribution >= 0.6 is 0 Å². The monoisotopic (exact) mass is 808 g/mol. The van der Waals surface area contributed by atoms with Crippen molar-refractivity contribution in [2.24, 2.45) is 5.41 Å². The number of aliphatic carboxylic acids is 4. The van der Waals surface area contributed by atoms with Crippen molar-refractivity contribution in [2.75, 3.05) is 39.5 Å². The molecule has 0 fully saturated rings. The van der Waals surface area contributed by atoms with Crippen LogP contribution in [0.3, 0.4) is 0 Å². The van der Waals surface area contributed by atoms with Crippen molar-refractivity contribution in [3.05, 3.63) is 60.3 Å². The summed E-state index contributed by atoms with van der Waals surface area (Å²) in [6.45, 7) is 27.9. The fourth-order valence-electron chi connectivity index (χ4n) is 2.56. The minimum atomic E-state index is -0.935. The van der Waals surface area contributed by atoms with Gasteiger partial charge in [0.05, 0.1) is 38.6 Å². The van der Waals surface area contributed by atoms with Crippen LogP contribution in [0.1, 0.15) is 75.2 Å². The van der Waals surface area contributed by atoms with E-state index < -0.39 is 48.3 Å². The first-order valence-electron chi connectivity index (χ1n) is 16.6. The predicted molar refractivity (Wildman–Crippen MR) is 208 cm³/mol. The second-order valence-corrected chi connectivity index (χ2v) is 12.2. The number of carbonyl (C=O) groups excluding carboxylic acids is 3. The molecular formula is C37H64N2O17. The van der Waals surface area contributed by atoms with Gasteiger partial charge in [-0.3, -0.25) is 4.79 Å². The van der Waals surface area contributed by atoms with Crippen LogP contribution in [0.2, 0.25) is 0 Å². The Kier molecular flexibility index (Phi) is 42.4. The smallest absolute Gasteiger partial charge is 0.407 e. The summed E-state index contributed by atoms with van der Waals surface area (Å²) in [4.78, 5) is 70.5. The van der Waals surface area contributed by atoms with E-state index in [0.717, 1.165) is 6.42 Å². The summed E-state index contributed by atoms with van der Waals surface area (Å²) in [5.41, 5.74) is 2.13. The zero-order valence-electron chi connectivity index (χ0n) is 34.0. The number of carbonyl (C=O) groups is 7. The summed E-state index contributed by atoms with van der Waals surface area (Å²) in [6.07, 6.45) is 0.549. The number of ketones is 1. The number of hydrogen-bond acceptors (Lipinski definition) is 13. The van der Waals surface area contributed by atoms with Gasteiger partial charge in [-0.25, -0.2) is 28.8 Å². The fourth-order valence-corrected chi connectivity index (χ4v) is 2.56. The third kappa shape index (κ3) is 55.4. The second kappa shape index (κ2) is 37.9. The molecule has 1 aliphatic carbocycles. The molecule has 19 nitrogen and oxygen atoms in total. The van der Waals surface area contributed by atoms with Gasteiger partial charge in [-0.05, 0) is 66.4 Å². The van der Waals surface area contributed by atoms with Gasteiger partial charge in [-0.15, -0.1) is 0 Å². The molecule has 0 aromatic carbocycles. The zero-order valence-corrected chi connectivity index (χ0v) is 34.0. The van der Waals surface area contributed by atoms with Gasteiger partial charge in [0.2, 0.25) is 0 Å². The number of rotatable bonds is 12. The van der Waals surface area contributed by atoms with Gasteiger partial charge in [0.15, 0.2) is 5.78 Å². The van der Waals surface area contributed by atoms with E-state index >= 15 is 0 Å². The molecule has 2 atom stereocenters. The number of carboxylic acids is 4. The minimum Gasteiger partial charge on any atom is -0.478 e. The molecule has 1 aliphatic rings. The molecule has 0 bridgehead atoms. The van der Waals surface area contributed by atoms with Crippen molar-refractivity contribution in [3.63, 3.8) is 0 Å². The van der Waals surface area contributed by atoms with Crippen LogP contribution in [0.15, 0.2) is 60.3 Å². The number of alkyl carbamates (subject to hydrolysis) is 2. The van der Waals surface area contributed by atoms with E-state index in [9.17, 15) is 33.6 Å². The number of amides is 2. The maximum Gasteiger partial charge on any atom is 0.407 e. The standard InChI is InChI=1S/C9H14O.2C6H13NO4.4C4H6O2/c1-7-4-8(10)6-9(2,3)5-7;2*1-2-11-6(10)7-3-5(9)4-8;4*1-3(2)4(5)6/h4H,5-6H2,1-3H3;2*5,8-9H,2-4H2,1H3,(H,7,10);4*1H2,2H3,(H,5,6). The Hall–Kier alpha value is -5.37. The van der Waals surface area contributed by atoms with Crippen molar-refractivity contribution < 1.29 is 83.9 Å². The van der Waals surface area contributed by atoms with E-state index in [-0.39, 0.29) is 59.8 Å². The average Bonchev–Trinajstić information content (AvgIpc) is 3.06. The molecule has 0 spiro atoms. The first-order valence-corrected chi connectivity index (χ1v) is 16.6. The van der Waals surface area contributed by atoms with Gasteiger partial charge >= 0.3 is 36.1 Å². The molecule has 2 amide bonds. The molecule has 0 aliphatic heterocycles. The maximum absolute atomic E-state index is 11.0. The van der Waals surface area contributed by atoms with Gasteiger partial charge in [0, 0.05) is 41.8 Å². The third-order valence-corrected chi connectivity index (χ3v) is 5.21. The Morgan fingerprint density at radius 2 is 0.911 bits per heavy atom. The molecule has 0 saturated carbocycles. The van der Waals surface area contributed by atoms with Crippen molar-refractivity contribution in [3.8, 4) is 0 Å². The summed E-state index contributed by atoms with van der Waals surface area (Å²) in [5.74, 6) is -3.45. The van der Waals surface area contributed by atoms with Gasteiger partial charge in [-0.1, -0.05) is 45.7 Å². The summed E-state index contributed by atoms with van der Waals surface area (Å²) in [6, 6.07) is 0. The minimum absolute atomic E-state index is 0.00926. The molecule has 0 radical (unpaired) electrons. The van der Waals surface area contributed by atoms with E-state index in [1.165, 1.54) is 33.3 Å².